The predicted molar refractivity (Wildman–Crippen MR) is 53.6 cm³/mol. The number of guanidine groups is 1. The first-order valence-corrected chi connectivity index (χ1v) is 4.38. The van der Waals surface area contributed by atoms with E-state index in [-0.39, 0.29) is 0 Å². The Morgan fingerprint density at radius 2 is 1.83 bits per heavy atom. The van der Waals surface area contributed by atoms with Crippen LogP contribution in [0.1, 0.15) is 12.8 Å². The van der Waals surface area contributed by atoms with Gasteiger partial charge in [-0.2, -0.15) is 0 Å². The predicted octanol–water partition coefficient (Wildman–Crippen LogP) is -0.219. The Labute approximate surface area is 74.8 Å². The topological polar surface area (TPSA) is 48.5 Å². The maximum Gasteiger partial charge on any atom is 0.190 e. The van der Waals surface area contributed by atoms with Gasteiger partial charge in [0.2, 0.25) is 0 Å². The van der Waals surface area contributed by atoms with Gasteiger partial charge in [-0.1, -0.05) is 0 Å². The number of nitrogens with one attached hydrogen (secondary N) is 3. The van der Waals surface area contributed by atoms with Gasteiger partial charge in [0.25, 0.3) is 0 Å². The van der Waals surface area contributed by atoms with Crippen LogP contribution in [0.4, 0.5) is 0 Å². The van der Waals surface area contributed by atoms with E-state index < -0.39 is 0 Å². The molecule has 0 aliphatic heterocycles. The number of aliphatic imine (C=N–C) groups is 1. The lowest BCUT2D eigenvalue weighted by atomic mass is 10.3. The zero-order chi connectivity index (χ0) is 9.23. The minimum atomic E-state index is 0.861. The van der Waals surface area contributed by atoms with E-state index in [1.807, 2.05) is 14.1 Å². The first-order chi connectivity index (χ1) is 5.85. The molecule has 0 radical (unpaired) electrons. The van der Waals surface area contributed by atoms with Gasteiger partial charge in [-0.05, 0) is 26.4 Å². The smallest absolute Gasteiger partial charge is 0.190 e. The Morgan fingerprint density at radius 3 is 2.33 bits per heavy atom. The van der Waals surface area contributed by atoms with Gasteiger partial charge in [0.1, 0.15) is 0 Å². The lowest BCUT2D eigenvalue weighted by Gasteiger charge is -2.07. The van der Waals surface area contributed by atoms with E-state index in [9.17, 15) is 0 Å². The standard InChI is InChI=1S/C8H20N4/c1-9-6-4-5-7-12-8(10-2)11-3/h9H,4-7H2,1-3H3,(H2,10,11,12). The molecule has 0 aliphatic carbocycles. The van der Waals surface area contributed by atoms with Gasteiger partial charge in [0.15, 0.2) is 5.96 Å². The van der Waals surface area contributed by atoms with Crippen molar-refractivity contribution in [2.45, 2.75) is 12.8 Å². The second-order valence-electron chi connectivity index (χ2n) is 2.56. The van der Waals surface area contributed by atoms with Crippen molar-refractivity contribution in [3.8, 4) is 0 Å². The molecule has 0 fully saturated rings. The minimum Gasteiger partial charge on any atom is -0.359 e. The number of rotatable bonds is 5. The van der Waals surface area contributed by atoms with E-state index in [1.54, 1.807) is 7.05 Å². The van der Waals surface area contributed by atoms with Crippen molar-refractivity contribution in [1.82, 2.24) is 16.0 Å². The van der Waals surface area contributed by atoms with Crippen LogP contribution < -0.4 is 16.0 Å². The SMILES string of the molecule is CN=C(NC)NCCCCNC. The molecule has 0 aromatic rings. The quantitative estimate of drug-likeness (QED) is 0.305. The molecule has 0 heterocycles. The van der Waals surface area contributed by atoms with Crippen LogP contribution in [0.3, 0.4) is 0 Å². The Morgan fingerprint density at radius 1 is 1.17 bits per heavy atom. The zero-order valence-electron chi connectivity index (χ0n) is 8.28. The fourth-order valence-electron chi connectivity index (χ4n) is 0.913. The first-order valence-electron chi connectivity index (χ1n) is 4.38. The van der Waals surface area contributed by atoms with Gasteiger partial charge < -0.3 is 16.0 Å². The highest BCUT2D eigenvalue weighted by atomic mass is 15.1. The molecule has 0 aromatic heterocycles. The molecule has 12 heavy (non-hydrogen) atoms. The zero-order valence-corrected chi connectivity index (χ0v) is 8.28. The van der Waals surface area contributed by atoms with Crippen LogP contribution in [0.15, 0.2) is 4.99 Å². The molecular weight excluding hydrogens is 152 g/mol. The molecule has 0 amide bonds. The van der Waals surface area contributed by atoms with Crippen molar-refractivity contribution >= 4 is 5.96 Å². The fraction of sp³-hybridized carbons (Fsp3) is 0.875. The van der Waals surface area contributed by atoms with Crippen molar-refractivity contribution in [3.05, 3.63) is 0 Å². The summed E-state index contributed by atoms with van der Waals surface area (Å²) in [4.78, 5) is 4.00. The lowest BCUT2D eigenvalue weighted by molar-refractivity contribution is 0.660. The molecule has 0 aliphatic rings. The Bertz CT molecular complexity index is 122. The number of hydrogen-bond donors (Lipinski definition) is 3. The van der Waals surface area contributed by atoms with Crippen LogP contribution in [-0.2, 0) is 0 Å². The molecular formula is C8H20N4. The van der Waals surface area contributed by atoms with Crippen LogP contribution in [0.5, 0.6) is 0 Å². The molecule has 0 saturated carbocycles. The number of nitrogens with zero attached hydrogens (tertiary/aromatic N) is 1. The highest BCUT2D eigenvalue weighted by Crippen LogP contribution is 1.83. The summed E-state index contributed by atoms with van der Waals surface area (Å²) in [5, 5.41) is 9.27. The molecule has 0 saturated heterocycles. The van der Waals surface area contributed by atoms with Crippen molar-refractivity contribution in [2.75, 3.05) is 34.2 Å². The van der Waals surface area contributed by atoms with E-state index in [4.69, 9.17) is 0 Å². The van der Waals surface area contributed by atoms with Gasteiger partial charge >= 0.3 is 0 Å². The lowest BCUT2D eigenvalue weighted by Crippen LogP contribution is -2.35. The summed E-state index contributed by atoms with van der Waals surface area (Å²) in [5.74, 6) is 0.861. The van der Waals surface area contributed by atoms with E-state index in [0.29, 0.717) is 0 Å². The maximum absolute atomic E-state index is 4.00. The fourth-order valence-corrected chi connectivity index (χ4v) is 0.913. The van der Waals surface area contributed by atoms with E-state index in [2.05, 4.69) is 20.9 Å². The van der Waals surface area contributed by atoms with Crippen LogP contribution in [0, 0.1) is 0 Å². The van der Waals surface area contributed by atoms with Crippen LogP contribution in [0.25, 0.3) is 0 Å². The third kappa shape index (κ3) is 5.97. The van der Waals surface area contributed by atoms with E-state index >= 15 is 0 Å². The van der Waals surface area contributed by atoms with Gasteiger partial charge in [0, 0.05) is 20.6 Å². The Kier molecular flexibility index (Phi) is 7.79. The summed E-state index contributed by atoms with van der Waals surface area (Å²) in [6.07, 6.45) is 2.37. The van der Waals surface area contributed by atoms with Crippen molar-refractivity contribution in [2.24, 2.45) is 4.99 Å². The Balaban J connectivity index is 3.18. The van der Waals surface area contributed by atoms with Crippen molar-refractivity contribution in [3.63, 3.8) is 0 Å². The van der Waals surface area contributed by atoms with Crippen LogP contribution in [-0.4, -0.2) is 40.2 Å². The summed E-state index contributed by atoms with van der Waals surface area (Å²) in [6.45, 7) is 2.06. The highest BCUT2D eigenvalue weighted by Gasteiger charge is 1.91. The summed E-state index contributed by atoms with van der Waals surface area (Å²) >= 11 is 0. The average molecular weight is 172 g/mol. The third-order valence-electron chi connectivity index (χ3n) is 1.61. The molecule has 0 spiro atoms. The maximum atomic E-state index is 4.00. The monoisotopic (exact) mass is 172 g/mol. The average Bonchev–Trinajstić information content (AvgIpc) is 2.11. The van der Waals surface area contributed by atoms with Gasteiger partial charge in [-0.15, -0.1) is 0 Å². The molecule has 0 unspecified atom stereocenters. The second-order valence-corrected chi connectivity index (χ2v) is 2.56. The third-order valence-corrected chi connectivity index (χ3v) is 1.61. The van der Waals surface area contributed by atoms with Gasteiger partial charge in [-0.3, -0.25) is 4.99 Å². The van der Waals surface area contributed by atoms with E-state index in [1.165, 1.54) is 12.8 Å². The van der Waals surface area contributed by atoms with Gasteiger partial charge in [0.05, 0.1) is 0 Å². The second kappa shape index (κ2) is 8.33. The molecule has 4 heteroatoms. The molecule has 0 bridgehead atoms. The molecule has 72 valence electrons. The van der Waals surface area contributed by atoms with Crippen LogP contribution in [0.2, 0.25) is 0 Å². The highest BCUT2D eigenvalue weighted by molar-refractivity contribution is 5.79. The molecule has 4 nitrogen and oxygen atoms in total. The van der Waals surface area contributed by atoms with Crippen molar-refractivity contribution in [1.29, 1.82) is 0 Å². The summed E-state index contributed by atoms with van der Waals surface area (Å²) < 4.78 is 0. The molecule has 3 N–H and O–H groups in total. The molecule has 0 rings (SSSR count). The minimum absolute atomic E-state index is 0.861. The van der Waals surface area contributed by atoms with Crippen LogP contribution >= 0.6 is 0 Å². The van der Waals surface area contributed by atoms with Gasteiger partial charge in [-0.25, -0.2) is 0 Å². The number of unbranched alkanes of at least 4 members (excludes halogenated alkanes) is 1. The summed E-state index contributed by atoms with van der Waals surface area (Å²) in [7, 11) is 5.61. The molecule has 0 aromatic carbocycles. The normalized spacial score (nSPS) is 11.4. The Hall–Kier alpha value is -0.770. The first kappa shape index (κ1) is 11.2. The summed E-state index contributed by atoms with van der Waals surface area (Å²) in [5.41, 5.74) is 0. The molecule has 0 atom stereocenters. The summed E-state index contributed by atoms with van der Waals surface area (Å²) in [6, 6.07) is 0. The van der Waals surface area contributed by atoms with E-state index in [0.717, 1.165) is 19.0 Å². The largest absolute Gasteiger partial charge is 0.359 e. The number of hydrogen-bond acceptors (Lipinski definition) is 2. The van der Waals surface area contributed by atoms with Crippen molar-refractivity contribution < 1.29 is 0 Å².